The molecular formula is C64H39N5O. The lowest BCUT2D eigenvalue weighted by Gasteiger charge is -2.16. The van der Waals surface area contributed by atoms with E-state index in [0.29, 0.717) is 17.5 Å². The van der Waals surface area contributed by atoms with E-state index in [1.807, 2.05) is 42.5 Å². The van der Waals surface area contributed by atoms with Crippen molar-refractivity contribution < 1.29 is 4.42 Å². The molecule has 0 aliphatic rings. The molecule has 0 unspecified atom stereocenters. The van der Waals surface area contributed by atoms with E-state index in [4.69, 9.17) is 24.4 Å². The van der Waals surface area contributed by atoms with Gasteiger partial charge in [0, 0.05) is 71.2 Å². The Morgan fingerprint density at radius 2 is 0.829 bits per heavy atom. The van der Waals surface area contributed by atoms with E-state index in [1.165, 1.54) is 10.8 Å². The van der Waals surface area contributed by atoms with Crippen LogP contribution < -0.4 is 0 Å². The van der Waals surface area contributed by atoms with Gasteiger partial charge in [0.05, 0.1) is 22.2 Å². The molecule has 70 heavy (non-hydrogen) atoms. The van der Waals surface area contributed by atoms with Crippen LogP contribution in [0.15, 0.2) is 241 Å². The Balaban J connectivity index is 0.900. The van der Waals surface area contributed by atoms with E-state index in [9.17, 15) is 0 Å². The molecule has 4 aromatic heterocycles. The number of furan rings is 1. The largest absolute Gasteiger partial charge is 0.456 e. The van der Waals surface area contributed by atoms with Crippen molar-refractivity contribution in [3.63, 3.8) is 0 Å². The number of pyridine rings is 1. The smallest absolute Gasteiger partial charge is 0.164 e. The summed E-state index contributed by atoms with van der Waals surface area (Å²) in [6.07, 6.45) is 0. The molecule has 0 N–H and O–H groups in total. The highest BCUT2D eigenvalue weighted by Gasteiger charge is 2.22. The Morgan fingerprint density at radius 1 is 0.300 bits per heavy atom. The van der Waals surface area contributed by atoms with Crippen LogP contribution in [0, 0.1) is 0 Å². The minimum Gasteiger partial charge on any atom is -0.456 e. The van der Waals surface area contributed by atoms with E-state index in [-0.39, 0.29) is 0 Å². The zero-order valence-electron chi connectivity index (χ0n) is 37.7. The molecule has 6 heteroatoms. The number of para-hydroxylation sites is 4. The topological polar surface area (TPSA) is 69.6 Å². The van der Waals surface area contributed by atoms with Gasteiger partial charge < -0.3 is 8.98 Å². The highest BCUT2D eigenvalue weighted by Crippen LogP contribution is 2.47. The molecule has 6 nitrogen and oxygen atoms in total. The van der Waals surface area contributed by atoms with Crippen molar-refractivity contribution in [1.29, 1.82) is 0 Å². The average molecular weight is 894 g/mol. The minimum atomic E-state index is 0.603. The lowest BCUT2D eigenvalue weighted by atomic mass is 9.88. The first-order chi connectivity index (χ1) is 34.7. The van der Waals surface area contributed by atoms with Gasteiger partial charge in [-0.15, -0.1) is 0 Å². The number of aromatic nitrogens is 5. The van der Waals surface area contributed by atoms with E-state index in [2.05, 4.69) is 199 Å². The number of rotatable bonds is 7. The lowest BCUT2D eigenvalue weighted by molar-refractivity contribution is 0.669. The van der Waals surface area contributed by atoms with Gasteiger partial charge in [0.15, 0.2) is 17.5 Å². The fraction of sp³-hybridized carbons (Fsp3) is 0. The molecule has 0 bridgehead atoms. The van der Waals surface area contributed by atoms with Crippen molar-refractivity contribution in [2.24, 2.45) is 0 Å². The monoisotopic (exact) mass is 893 g/mol. The fourth-order valence-electron chi connectivity index (χ4n) is 10.4. The maximum atomic E-state index is 6.68. The van der Waals surface area contributed by atoms with Crippen LogP contribution in [0.4, 0.5) is 0 Å². The Kier molecular flexibility index (Phi) is 9.10. The molecule has 14 rings (SSSR count). The SMILES string of the molecule is c1ccc(-c2nc(-c3ccc(-c4cccc(-c5c6c(cc7c(-c8ccccc8)nc8ccccc8c57)oc5ccccc56)c4)cc3)nc(-c3cccc(-n4c5ccccc5c5ccccc54)c3)n2)cc1. The molecular weight excluding hydrogens is 855 g/mol. The summed E-state index contributed by atoms with van der Waals surface area (Å²) in [7, 11) is 0. The first-order valence-electron chi connectivity index (χ1n) is 23.5. The number of fused-ring (bicyclic) bond motifs is 9. The van der Waals surface area contributed by atoms with Crippen molar-refractivity contribution in [2.45, 2.75) is 0 Å². The van der Waals surface area contributed by atoms with Crippen LogP contribution in [-0.4, -0.2) is 24.5 Å². The molecule has 14 aromatic rings. The van der Waals surface area contributed by atoms with E-state index in [0.717, 1.165) is 111 Å². The Bertz CT molecular complexity index is 4290. The predicted octanol–water partition coefficient (Wildman–Crippen LogP) is 16.6. The molecule has 0 fully saturated rings. The number of nitrogens with zero attached hydrogens (tertiary/aromatic N) is 5. The van der Waals surface area contributed by atoms with E-state index >= 15 is 0 Å². The predicted molar refractivity (Wildman–Crippen MR) is 287 cm³/mol. The van der Waals surface area contributed by atoms with Gasteiger partial charge in [-0.1, -0.05) is 188 Å². The van der Waals surface area contributed by atoms with Crippen LogP contribution in [0.25, 0.3) is 139 Å². The number of benzene rings is 10. The highest BCUT2D eigenvalue weighted by molar-refractivity contribution is 6.28. The van der Waals surface area contributed by atoms with Crippen LogP contribution in [0.3, 0.4) is 0 Å². The molecule has 0 aliphatic heterocycles. The van der Waals surface area contributed by atoms with E-state index < -0.39 is 0 Å². The molecule has 0 saturated carbocycles. The summed E-state index contributed by atoms with van der Waals surface area (Å²) >= 11 is 0. The lowest BCUT2D eigenvalue weighted by Crippen LogP contribution is -2.01. The maximum absolute atomic E-state index is 6.68. The van der Waals surface area contributed by atoms with Crippen molar-refractivity contribution in [3.05, 3.63) is 237 Å². The normalized spacial score (nSPS) is 11.7. The summed E-state index contributed by atoms with van der Waals surface area (Å²) in [5.74, 6) is 1.83. The Labute approximate surface area is 402 Å². The van der Waals surface area contributed by atoms with Crippen molar-refractivity contribution in [3.8, 4) is 73.4 Å². The van der Waals surface area contributed by atoms with Crippen LogP contribution >= 0.6 is 0 Å². The molecule has 4 heterocycles. The summed E-state index contributed by atoms with van der Waals surface area (Å²) in [6, 6.07) is 82.7. The van der Waals surface area contributed by atoms with E-state index in [1.54, 1.807) is 0 Å². The summed E-state index contributed by atoms with van der Waals surface area (Å²) in [5, 5.41) is 7.90. The van der Waals surface area contributed by atoms with Gasteiger partial charge in [-0.05, 0) is 65.2 Å². The first-order valence-corrected chi connectivity index (χ1v) is 23.5. The first kappa shape index (κ1) is 39.6. The summed E-state index contributed by atoms with van der Waals surface area (Å²) in [5.41, 5.74) is 15.1. The molecule has 326 valence electrons. The third-order valence-corrected chi connectivity index (χ3v) is 13.6. The van der Waals surface area contributed by atoms with Crippen molar-refractivity contribution >= 4 is 65.4 Å². The van der Waals surface area contributed by atoms with Gasteiger partial charge in [-0.25, -0.2) is 19.9 Å². The standard InChI is InChI=1S/C64H39N5O/c1-3-17-41(18-4-1)61-52-39-57-60(51-28-10-14-32-56(51)70-57)58(59(52)50-27-7-11-29-53(50)65-61)45-22-15-21-44(37-45)40-33-35-43(36-34-40)63-66-62(42-19-5-2-6-20-42)67-64(68-63)46-23-16-24-47(38-46)69-54-30-12-8-25-48(54)49-26-9-13-31-55(49)69/h1-39H. The summed E-state index contributed by atoms with van der Waals surface area (Å²) in [4.78, 5) is 20.7. The molecule has 0 atom stereocenters. The molecule has 0 radical (unpaired) electrons. The minimum absolute atomic E-state index is 0.603. The Hall–Kier alpha value is -9.52. The second-order valence-corrected chi connectivity index (χ2v) is 17.7. The molecule has 0 amide bonds. The fourth-order valence-corrected chi connectivity index (χ4v) is 10.4. The second-order valence-electron chi connectivity index (χ2n) is 17.7. The Morgan fingerprint density at radius 3 is 1.56 bits per heavy atom. The highest BCUT2D eigenvalue weighted by atomic mass is 16.3. The number of hydrogen-bond donors (Lipinski definition) is 0. The second kappa shape index (κ2) is 16.1. The third-order valence-electron chi connectivity index (χ3n) is 13.6. The maximum Gasteiger partial charge on any atom is 0.164 e. The van der Waals surface area contributed by atoms with Gasteiger partial charge >= 0.3 is 0 Å². The zero-order valence-corrected chi connectivity index (χ0v) is 37.7. The van der Waals surface area contributed by atoms with Gasteiger partial charge in [0.2, 0.25) is 0 Å². The molecule has 10 aromatic carbocycles. The average Bonchev–Trinajstić information content (AvgIpc) is 3.98. The van der Waals surface area contributed by atoms with Crippen LogP contribution in [0.1, 0.15) is 0 Å². The molecule has 0 spiro atoms. The summed E-state index contributed by atoms with van der Waals surface area (Å²) < 4.78 is 9.00. The third kappa shape index (κ3) is 6.49. The summed E-state index contributed by atoms with van der Waals surface area (Å²) in [6.45, 7) is 0. The van der Waals surface area contributed by atoms with Crippen LogP contribution in [0.5, 0.6) is 0 Å². The van der Waals surface area contributed by atoms with Crippen molar-refractivity contribution in [2.75, 3.05) is 0 Å². The number of hydrogen-bond acceptors (Lipinski definition) is 5. The van der Waals surface area contributed by atoms with Gasteiger partial charge in [-0.3, -0.25) is 0 Å². The quantitative estimate of drug-likeness (QED) is 0.149. The van der Waals surface area contributed by atoms with Crippen LogP contribution in [0.2, 0.25) is 0 Å². The van der Waals surface area contributed by atoms with Gasteiger partial charge in [0.25, 0.3) is 0 Å². The van der Waals surface area contributed by atoms with Gasteiger partial charge in [0.1, 0.15) is 11.2 Å². The van der Waals surface area contributed by atoms with Crippen molar-refractivity contribution in [1.82, 2.24) is 24.5 Å². The molecule has 0 saturated heterocycles. The van der Waals surface area contributed by atoms with Crippen LogP contribution in [-0.2, 0) is 0 Å². The molecule has 0 aliphatic carbocycles. The van der Waals surface area contributed by atoms with Gasteiger partial charge in [-0.2, -0.15) is 0 Å². The zero-order chi connectivity index (χ0) is 46.1.